The number of hydrogen-bond acceptors (Lipinski definition) is 2. The van der Waals surface area contributed by atoms with Crippen LogP contribution in [0.5, 0.6) is 0 Å². The maximum Gasteiger partial charge on any atom is 0.0948 e. The third-order valence-electron chi connectivity index (χ3n) is 4.08. The van der Waals surface area contributed by atoms with E-state index in [1.807, 2.05) is 18.6 Å². The fourth-order valence-electron chi connectivity index (χ4n) is 2.53. The SMILES string of the molecule is CC1(Cn2cncc2[C@H](N)Cc2ccccc2)CC1. The molecule has 2 aromatic rings. The third-order valence-corrected chi connectivity index (χ3v) is 4.08. The lowest BCUT2D eigenvalue weighted by Gasteiger charge is -2.17. The zero-order valence-electron chi connectivity index (χ0n) is 11.4. The van der Waals surface area contributed by atoms with E-state index in [1.54, 1.807) is 0 Å². The number of imidazole rings is 1. The maximum atomic E-state index is 6.35. The van der Waals surface area contributed by atoms with Gasteiger partial charge in [-0.1, -0.05) is 37.3 Å². The second-order valence-electron chi connectivity index (χ2n) is 6.05. The molecule has 2 N–H and O–H groups in total. The Morgan fingerprint density at radius 1 is 1.32 bits per heavy atom. The van der Waals surface area contributed by atoms with Gasteiger partial charge >= 0.3 is 0 Å². The van der Waals surface area contributed by atoms with Gasteiger partial charge in [-0.25, -0.2) is 4.98 Å². The second-order valence-corrected chi connectivity index (χ2v) is 6.05. The Kier molecular flexibility index (Phi) is 3.15. The van der Waals surface area contributed by atoms with Crippen LogP contribution in [0.15, 0.2) is 42.9 Å². The van der Waals surface area contributed by atoms with Gasteiger partial charge in [0, 0.05) is 12.7 Å². The molecule has 1 aliphatic rings. The van der Waals surface area contributed by atoms with Gasteiger partial charge in [-0.05, 0) is 30.2 Å². The molecule has 0 bridgehead atoms. The molecule has 0 amide bonds. The van der Waals surface area contributed by atoms with Crippen molar-refractivity contribution < 1.29 is 0 Å². The van der Waals surface area contributed by atoms with Gasteiger partial charge in [0.25, 0.3) is 0 Å². The van der Waals surface area contributed by atoms with Gasteiger partial charge in [0.05, 0.1) is 18.1 Å². The van der Waals surface area contributed by atoms with Crippen molar-refractivity contribution in [2.75, 3.05) is 0 Å². The molecule has 0 saturated heterocycles. The summed E-state index contributed by atoms with van der Waals surface area (Å²) < 4.78 is 2.24. The normalized spacial score (nSPS) is 18.2. The van der Waals surface area contributed by atoms with Gasteiger partial charge in [-0.3, -0.25) is 0 Å². The van der Waals surface area contributed by atoms with Gasteiger partial charge in [-0.15, -0.1) is 0 Å². The predicted molar refractivity (Wildman–Crippen MR) is 76.6 cm³/mol. The summed E-state index contributed by atoms with van der Waals surface area (Å²) in [6.45, 7) is 3.38. The first kappa shape index (κ1) is 12.4. The molecular formula is C16H21N3. The van der Waals surface area contributed by atoms with Crippen LogP contribution >= 0.6 is 0 Å². The topological polar surface area (TPSA) is 43.8 Å². The average Bonchev–Trinajstić information content (AvgIpc) is 2.95. The summed E-state index contributed by atoms with van der Waals surface area (Å²) in [6, 6.07) is 10.4. The van der Waals surface area contributed by atoms with E-state index >= 15 is 0 Å². The highest BCUT2D eigenvalue weighted by molar-refractivity contribution is 5.18. The molecule has 1 heterocycles. The lowest BCUT2D eigenvalue weighted by atomic mass is 10.0. The molecule has 3 nitrogen and oxygen atoms in total. The molecule has 3 heteroatoms. The summed E-state index contributed by atoms with van der Waals surface area (Å²) >= 11 is 0. The summed E-state index contributed by atoms with van der Waals surface area (Å²) in [5, 5.41) is 0. The Morgan fingerprint density at radius 3 is 2.74 bits per heavy atom. The minimum atomic E-state index is 0.0206. The number of aromatic nitrogens is 2. The van der Waals surface area contributed by atoms with Crippen LogP contribution in [0.1, 0.15) is 37.1 Å². The minimum Gasteiger partial charge on any atom is -0.333 e. The van der Waals surface area contributed by atoms with E-state index in [-0.39, 0.29) is 6.04 Å². The van der Waals surface area contributed by atoms with Gasteiger partial charge < -0.3 is 10.3 Å². The van der Waals surface area contributed by atoms with Crippen LogP contribution in [0, 0.1) is 5.41 Å². The van der Waals surface area contributed by atoms with Crippen molar-refractivity contribution in [3.8, 4) is 0 Å². The zero-order chi connectivity index (χ0) is 13.3. The maximum absolute atomic E-state index is 6.35. The molecule has 19 heavy (non-hydrogen) atoms. The Hall–Kier alpha value is -1.61. The second kappa shape index (κ2) is 4.82. The molecule has 1 aromatic carbocycles. The summed E-state index contributed by atoms with van der Waals surface area (Å²) in [5.41, 5.74) is 9.25. The molecule has 3 rings (SSSR count). The highest BCUT2D eigenvalue weighted by Crippen LogP contribution is 2.46. The monoisotopic (exact) mass is 255 g/mol. The van der Waals surface area contributed by atoms with Crippen LogP contribution in [-0.4, -0.2) is 9.55 Å². The third kappa shape index (κ3) is 2.87. The number of benzene rings is 1. The lowest BCUT2D eigenvalue weighted by molar-refractivity contribution is 0.444. The largest absolute Gasteiger partial charge is 0.333 e. The summed E-state index contributed by atoms with van der Waals surface area (Å²) in [4.78, 5) is 4.28. The molecule has 0 aliphatic heterocycles. The van der Waals surface area contributed by atoms with Crippen molar-refractivity contribution in [3.63, 3.8) is 0 Å². The van der Waals surface area contributed by atoms with Crippen molar-refractivity contribution in [2.45, 2.75) is 38.8 Å². The van der Waals surface area contributed by atoms with E-state index < -0.39 is 0 Å². The molecule has 1 aromatic heterocycles. The number of hydrogen-bond donors (Lipinski definition) is 1. The number of nitrogens with two attached hydrogens (primary N) is 1. The van der Waals surface area contributed by atoms with E-state index in [0.717, 1.165) is 18.7 Å². The first-order chi connectivity index (χ1) is 9.16. The molecule has 1 aliphatic carbocycles. The van der Waals surface area contributed by atoms with Crippen LogP contribution in [0.2, 0.25) is 0 Å². The Bertz CT molecular complexity index is 540. The first-order valence-corrected chi connectivity index (χ1v) is 6.96. The molecule has 1 saturated carbocycles. The standard InChI is InChI=1S/C16H21N3/c1-16(7-8-16)11-19-12-18-10-15(19)14(17)9-13-5-3-2-4-6-13/h2-6,10,12,14H,7-9,11,17H2,1H3/t14-/m1/s1. The lowest BCUT2D eigenvalue weighted by Crippen LogP contribution is -2.19. The minimum absolute atomic E-state index is 0.0206. The zero-order valence-corrected chi connectivity index (χ0v) is 11.4. The highest BCUT2D eigenvalue weighted by atomic mass is 15.1. The van der Waals surface area contributed by atoms with E-state index in [1.165, 1.54) is 18.4 Å². The van der Waals surface area contributed by atoms with Crippen LogP contribution in [0.4, 0.5) is 0 Å². The van der Waals surface area contributed by atoms with Gasteiger partial charge in [0.2, 0.25) is 0 Å². The fraction of sp³-hybridized carbons (Fsp3) is 0.438. The number of rotatable bonds is 5. The average molecular weight is 255 g/mol. The van der Waals surface area contributed by atoms with Crippen molar-refractivity contribution in [3.05, 3.63) is 54.1 Å². The predicted octanol–water partition coefficient (Wildman–Crippen LogP) is 2.93. The first-order valence-electron chi connectivity index (χ1n) is 6.96. The molecule has 0 spiro atoms. The van der Waals surface area contributed by atoms with E-state index in [0.29, 0.717) is 5.41 Å². The Morgan fingerprint density at radius 2 is 2.05 bits per heavy atom. The Labute approximate surface area is 114 Å². The van der Waals surface area contributed by atoms with Crippen molar-refractivity contribution >= 4 is 0 Å². The smallest absolute Gasteiger partial charge is 0.0948 e. The van der Waals surface area contributed by atoms with E-state index in [4.69, 9.17) is 5.73 Å². The molecule has 1 fully saturated rings. The van der Waals surface area contributed by atoms with Gasteiger partial charge in [-0.2, -0.15) is 0 Å². The molecule has 1 atom stereocenters. The van der Waals surface area contributed by atoms with Crippen LogP contribution < -0.4 is 5.73 Å². The molecular weight excluding hydrogens is 234 g/mol. The molecule has 0 radical (unpaired) electrons. The van der Waals surface area contributed by atoms with Crippen molar-refractivity contribution in [1.82, 2.24) is 9.55 Å². The summed E-state index contributed by atoms with van der Waals surface area (Å²) in [6.07, 6.45) is 7.34. The highest BCUT2D eigenvalue weighted by Gasteiger charge is 2.38. The van der Waals surface area contributed by atoms with Crippen LogP contribution in [-0.2, 0) is 13.0 Å². The quantitative estimate of drug-likeness (QED) is 0.892. The van der Waals surface area contributed by atoms with Crippen molar-refractivity contribution in [2.24, 2.45) is 11.1 Å². The van der Waals surface area contributed by atoms with E-state index in [2.05, 4.69) is 40.7 Å². The molecule has 100 valence electrons. The van der Waals surface area contributed by atoms with Crippen LogP contribution in [0.3, 0.4) is 0 Å². The fourth-order valence-corrected chi connectivity index (χ4v) is 2.53. The summed E-state index contributed by atoms with van der Waals surface area (Å²) in [5.74, 6) is 0. The summed E-state index contributed by atoms with van der Waals surface area (Å²) in [7, 11) is 0. The van der Waals surface area contributed by atoms with E-state index in [9.17, 15) is 0 Å². The Balaban J connectivity index is 1.73. The molecule has 0 unspecified atom stereocenters. The number of nitrogens with zero attached hydrogens (tertiary/aromatic N) is 2. The van der Waals surface area contributed by atoms with Gasteiger partial charge in [0.1, 0.15) is 0 Å². The van der Waals surface area contributed by atoms with Gasteiger partial charge in [0.15, 0.2) is 0 Å². The van der Waals surface area contributed by atoms with Crippen LogP contribution in [0.25, 0.3) is 0 Å². The van der Waals surface area contributed by atoms with Crippen molar-refractivity contribution in [1.29, 1.82) is 0 Å².